The van der Waals surface area contributed by atoms with E-state index in [-0.39, 0.29) is 37.3 Å². The first kappa shape index (κ1) is 17.2. The first-order chi connectivity index (χ1) is 8.13. The molecule has 1 fully saturated rings. The molecule has 0 unspecified atom stereocenters. The molecule has 0 aromatic carbocycles. The van der Waals surface area contributed by atoms with Crippen LogP contribution >= 0.6 is 12.4 Å². The Bertz CT molecular complexity index is 272. The van der Waals surface area contributed by atoms with Gasteiger partial charge in [-0.25, -0.2) is 0 Å². The van der Waals surface area contributed by atoms with Gasteiger partial charge in [0.15, 0.2) is 0 Å². The molecule has 0 radical (unpaired) electrons. The van der Waals surface area contributed by atoms with Gasteiger partial charge in [-0.3, -0.25) is 9.59 Å². The van der Waals surface area contributed by atoms with Crippen LogP contribution in [0, 0.1) is 5.92 Å². The number of hydrogen-bond acceptors (Lipinski definition) is 4. The lowest BCUT2D eigenvalue weighted by Crippen LogP contribution is -2.41. The van der Waals surface area contributed by atoms with Gasteiger partial charge >= 0.3 is 0 Å². The fourth-order valence-electron chi connectivity index (χ4n) is 1.24. The molecule has 0 aromatic heterocycles. The zero-order chi connectivity index (χ0) is 12.7. The second-order valence-electron chi connectivity index (χ2n) is 4.31. The number of nitrogens with two attached hydrogens (primary N) is 1. The molecule has 0 atom stereocenters. The predicted octanol–water partition coefficient (Wildman–Crippen LogP) is -0.632. The van der Waals surface area contributed by atoms with Crippen LogP contribution in [0.15, 0.2) is 0 Å². The molecule has 7 heteroatoms. The SMILES string of the molecule is CN(CCOCC1CC1)C(=O)CNC(=O)CN.Cl. The van der Waals surface area contributed by atoms with Crippen LogP contribution in [-0.4, -0.2) is 56.6 Å². The highest BCUT2D eigenvalue weighted by Gasteiger charge is 2.21. The summed E-state index contributed by atoms with van der Waals surface area (Å²) >= 11 is 0. The minimum atomic E-state index is -0.322. The summed E-state index contributed by atoms with van der Waals surface area (Å²) < 4.78 is 5.42. The van der Waals surface area contributed by atoms with Crippen LogP contribution in [0.1, 0.15) is 12.8 Å². The normalized spacial score (nSPS) is 13.7. The third-order valence-electron chi connectivity index (χ3n) is 2.67. The van der Waals surface area contributed by atoms with Crippen molar-refractivity contribution in [1.29, 1.82) is 0 Å². The van der Waals surface area contributed by atoms with E-state index in [1.54, 1.807) is 11.9 Å². The summed E-state index contributed by atoms with van der Waals surface area (Å²) in [6.45, 7) is 1.79. The van der Waals surface area contributed by atoms with Crippen LogP contribution in [-0.2, 0) is 14.3 Å². The van der Waals surface area contributed by atoms with E-state index in [1.165, 1.54) is 12.8 Å². The number of nitrogens with zero attached hydrogens (tertiary/aromatic N) is 1. The van der Waals surface area contributed by atoms with Crippen molar-refractivity contribution in [3.63, 3.8) is 0 Å². The second-order valence-corrected chi connectivity index (χ2v) is 4.31. The number of carbonyl (C=O) groups excluding carboxylic acids is 2. The lowest BCUT2D eigenvalue weighted by molar-refractivity contribution is -0.132. The quantitative estimate of drug-likeness (QED) is 0.579. The molecule has 18 heavy (non-hydrogen) atoms. The third-order valence-corrected chi connectivity index (χ3v) is 2.67. The molecule has 0 bridgehead atoms. The second kappa shape index (κ2) is 9.13. The Kier molecular flexibility index (Phi) is 8.70. The highest BCUT2D eigenvalue weighted by Crippen LogP contribution is 2.28. The Morgan fingerprint density at radius 2 is 2.11 bits per heavy atom. The van der Waals surface area contributed by atoms with Gasteiger partial charge < -0.3 is 20.7 Å². The van der Waals surface area contributed by atoms with Crippen molar-refractivity contribution < 1.29 is 14.3 Å². The van der Waals surface area contributed by atoms with Gasteiger partial charge in [0.05, 0.1) is 19.7 Å². The number of likely N-dealkylation sites (N-methyl/N-ethyl adjacent to an activating group) is 1. The molecule has 0 heterocycles. The maximum atomic E-state index is 11.5. The smallest absolute Gasteiger partial charge is 0.241 e. The van der Waals surface area contributed by atoms with E-state index >= 15 is 0 Å². The predicted molar refractivity (Wildman–Crippen MR) is 70.5 cm³/mol. The van der Waals surface area contributed by atoms with Crippen LogP contribution < -0.4 is 11.1 Å². The number of nitrogens with one attached hydrogen (secondary N) is 1. The Morgan fingerprint density at radius 3 is 2.67 bits per heavy atom. The molecule has 1 saturated carbocycles. The molecule has 3 N–H and O–H groups in total. The monoisotopic (exact) mass is 279 g/mol. The van der Waals surface area contributed by atoms with E-state index in [9.17, 15) is 9.59 Å². The van der Waals surface area contributed by atoms with Gasteiger partial charge in [0.1, 0.15) is 0 Å². The largest absolute Gasteiger partial charge is 0.379 e. The van der Waals surface area contributed by atoms with E-state index in [2.05, 4.69) is 5.32 Å². The van der Waals surface area contributed by atoms with Crippen LogP contribution in [0.2, 0.25) is 0 Å². The number of rotatable bonds is 8. The highest BCUT2D eigenvalue weighted by atomic mass is 35.5. The Balaban J connectivity index is 0.00000289. The van der Waals surface area contributed by atoms with E-state index in [0.29, 0.717) is 13.2 Å². The van der Waals surface area contributed by atoms with E-state index in [4.69, 9.17) is 10.5 Å². The van der Waals surface area contributed by atoms with Crippen molar-refractivity contribution in [2.75, 3.05) is 39.9 Å². The molecule has 6 nitrogen and oxygen atoms in total. The molecule has 2 amide bonds. The maximum Gasteiger partial charge on any atom is 0.241 e. The maximum absolute atomic E-state index is 11.5. The van der Waals surface area contributed by atoms with Crippen molar-refractivity contribution in [2.45, 2.75) is 12.8 Å². The molecule has 0 aliphatic heterocycles. The van der Waals surface area contributed by atoms with Gasteiger partial charge in [0.2, 0.25) is 11.8 Å². The fraction of sp³-hybridized carbons (Fsp3) is 0.818. The number of carbonyl (C=O) groups is 2. The molecular weight excluding hydrogens is 258 g/mol. The highest BCUT2D eigenvalue weighted by molar-refractivity contribution is 5.85. The van der Waals surface area contributed by atoms with Crippen LogP contribution in [0.4, 0.5) is 0 Å². The average Bonchev–Trinajstić information content (AvgIpc) is 3.14. The van der Waals surface area contributed by atoms with E-state index < -0.39 is 0 Å². The number of hydrogen-bond donors (Lipinski definition) is 2. The third kappa shape index (κ3) is 7.47. The minimum absolute atomic E-state index is 0. The van der Waals surface area contributed by atoms with Crippen LogP contribution in [0.3, 0.4) is 0 Å². The van der Waals surface area contributed by atoms with Crippen molar-refractivity contribution in [1.82, 2.24) is 10.2 Å². The van der Waals surface area contributed by atoms with Gasteiger partial charge in [-0.2, -0.15) is 0 Å². The molecule has 0 aromatic rings. The summed E-state index contributed by atoms with van der Waals surface area (Å²) in [5.41, 5.74) is 5.11. The van der Waals surface area contributed by atoms with E-state index in [0.717, 1.165) is 12.5 Å². The Labute approximate surface area is 114 Å². The average molecular weight is 280 g/mol. The van der Waals surface area contributed by atoms with Crippen LogP contribution in [0.5, 0.6) is 0 Å². The molecule has 0 saturated heterocycles. The van der Waals surface area contributed by atoms with Crippen LogP contribution in [0.25, 0.3) is 0 Å². The van der Waals surface area contributed by atoms with Gasteiger partial charge in [-0.15, -0.1) is 12.4 Å². The van der Waals surface area contributed by atoms with Crippen molar-refractivity contribution in [2.24, 2.45) is 11.7 Å². The lowest BCUT2D eigenvalue weighted by Gasteiger charge is -2.17. The Morgan fingerprint density at radius 1 is 1.44 bits per heavy atom. The zero-order valence-electron chi connectivity index (χ0n) is 10.7. The summed E-state index contributed by atoms with van der Waals surface area (Å²) in [5.74, 6) is 0.276. The molecular formula is C11H22ClN3O3. The molecule has 1 rings (SSSR count). The number of amides is 2. The summed E-state index contributed by atoms with van der Waals surface area (Å²) in [7, 11) is 1.69. The van der Waals surface area contributed by atoms with Crippen molar-refractivity contribution in [3.8, 4) is 0 Å². The molecule has 0 spiro atoms. The zero-order valence-corrected chi connectivity index (χ0v) is 11.5. The first-order valence-electron chi connectivity index (χ1n) is 5.92. The number of ether oxygens (including phenoxy) is 1. The topological polar surface area (TPSA) is 84.7 Å². The number of halogens is 1. The summed E-state index contributed by atoms with van der Waals surface area (Å²) in [6, 6.07) is 0. The Hall–Kier alpha value is -0.850. The molecule has 1 aliphatic rings. The minimum Gasteiger partial charge on any atom is -0.379 e. The summed E-state index contributed by atoms with van der Waals surface area (Å²) in [4.78, 5) is 23.9. The standard InChI is InChI=1S/C11H21N3O3.ClH/c1-14(4-5-17-8-9-2-3-9)11(16)7-13-10(15)6-12;/h9H,2-8,12H2,1H3,(H,13,15);1H. The summed E-state index contributed by atoms with van der Waals surface area (Å²) in [6.07, 6.45) is 2.53. The fourth-order valence-corrected chi connectivity index (χ4v) is 1.24. The lowest BCUT2D eigenvalue weighted by atomic mass is 10.4. The van der Waals surface area contributed by atoms with Crippen molar-refractivity contribution >= 4 is 24.2 Å². The van der Waals surface area contributed by atoms with Gasteiger partial charge in [-0.1, -0.05) is 0 Å². The first-order valence-corrected chi connectivity index (χ1v) is 5.92. The van der Waals surface area contributed by atoms with Gasteiger partial charge in [0, 0.05) is 20.2 Å². The van der Waals surface area contributed by atoms with Gasteiger partial charge in [0.25, 0.3) is 0 Å². The molecule has 106 valence electrons. The summed E-state index contributed by atoms with van der Waals surface area (Å²) in [5, 5.41) is 2.44. The molecule has 1 aliphatic carbocycles. The van der Waals surface area contributed by atoms with Crippen molar-refractivity contribution in [3.05, 3.63) is 0 Å². The van der Waals surface area contributed by atoms with E-state index in [1.807, 2.05) is 0 Å². The van der Waals surface area contributed by atoms with Gasteiger partial charge in [-0.05, 0) is 18.8 Å².